The summed E-state index contributed by atoms with van der Waals surface area (Å²) in [6.07, 6.45) is 3.49. The molecule has 1 rings (SSSR count). The topological polar surface area (TPSA) is 30.5 Å². The smallest absolute Gasteiger partial charge is 0.119 e. The number of hydrogen-bond acceptors (Lipinski definition) is 3. The standard InChI is InChI=1S/C18H31NO2/c1-6-11-18(4,14-19-15(2)3)12-13-21-17-9-7-16(20-5)8-10-17/h7-10,15,19H,6,11-14H2,1-5H3. The molecule has 0 aliphatic carbocycles. The van der Waals surface area contributed by atoms with Gasteiger partial charge in [-0.25, -0.2) is 0 Å². The maximum atomic E-state index is 5.87. The molecule has 0 amide bonds. The van der Waals surface area contributed by atoms with Crippen molar-refractivity contribution in [1.82, 2.24) is 5.32 Å². The van der Waals surface area contributed by atoms with Gasteiger partial charge in [-0.1, -0.05) is 34.1 Å². The molecular weight excluding hydrogens is 262 g/mol. The molecule has 0 aliphatic rings. The Hall–Kier alpha value is -1.22. The first-order chi connectivity index (χ1) is 9.99. The van der Waals surface area contributed by atoms with Gasteiger partial charge in [-0.3, -0.25) is 0 Å². The zero-order chi connectivity index (χ0) is 15.7. The second-order valence-corrected chi connectivity index (χ2v) is 6.37. The van der Waals surface area contributed by atoms with E-state index in [2.05, 4.69) is 33.0 Å². The molecule has 0 saturated carbocycles. The Balaban J connectivity index is 2.44. The molecule has 0 bridgehead atoms. The molecule has 0 spiro atoms. The van der Waals surface area contributed by atoms with Crippen LogP contribution in [0, 0.1) is 5.41 Å². The molecule has 0 heterocycles. The summed E-state index contributed by atoms with van der Waals surface area (Å²) in [6.45, 7) is 10.8. The van der Waals surface area contributed by atoms with E-state index in [1.807, 2.05) is 24.3 Å². The van der Waals surface area contributed by atoms with E-state index in [0.717, 1.165) is 31.1 Å². The predicted octanol–water partition coefficient (Wildman–Crippen LogP) is 4.27. The Bertz CT molecular complexity index is 389. The minimum atomic E-state index is 0.297. The number of rotatable bonds is 10. The molecule has 0 aliphatic heterocycles. The minimum absolute atomic E-state index is 0.297. The number of ether oxygens (including phenoxy) is 2. The monoisotopic (exact) mass is 293 g/mol. The summed E-state index contributed by atoms with van der Waals surface area (Å²) in [5.74, 6) is 1.77. The molecule has 1 aromatic rings. The highest BCUT2D eigenvalue weighted by Crippen LogP contribution is 2.27. The van der Waals surface area contributed by atoms with Crippen molar-refractivity contribution in [3.8, 4) is 11.5 Å². The van der Waals surface area contributed by atoms with E-state index >= 15 is 0 Å². The van der Waals surface area contributed by atoms with E-state index in [9.17, 15) is 0 Å². The van der Waals surface area contributed by atoms with Crippen molar-refractivity contribution in [3.05, 3.63) is 24.3 Å². The van der Waals surface area contributed by atoms with Gasteiger partial charge in [-0.15, -0.1) is 0 Å². The number of nitrogens with one attached hydrogen (secondary N) is 1. The fourth-order valence-electron chi connectivity index (χ4n) is 2.44. The molecular formula is C18H31NO2. The van der Waals surface area contributed by atoms with E-state index < -0.39 is 0 Å². The van der Waals surface area contributed by atoms with Crippen molar-refractivity contribution in [2.75, 3.05) is 20.3 Å². The van der Waals surface area contributed by atoms with Gasteiger partial charge in [0.15, 0.2) is 0 Å². The lowest BCUT2D eigenvalue weighted by molar-refractivity contribution is 0.189. The molecule has 0 fully saturated rings. The third-order valence-electron chi connectivity index (χ3n) is 3.82. The minimum Gasteiger partial charge on any atom is -0.497 e. The Morgan fingerprint density at radius 1 is 1.10 bits per heavy atom. The van der Waals surface area contributed by atoms with Gasteiger partial charge >= 0.3 is 0 Å². The third kappa shape index (κ3) is 6.85. The van der Waals surface area contributed by atoms with E-state index in [1.165, 1.54) is 12.8 Å². The fraction of sp³-hybridized carbons (Fsp3) is 0.667. The summed E-state index contributed by atoms with van der Waals surface area (Å²) in [7, 11) is 1.67. The van der Waals surface area contributed by atoms with Crippen LogP contribution in [0.1, 0.15) is 47.0 Å². The van der Waals surface area contributed by atoms with Crippen LogP contribution in [0.2, 0.25) is 0 Å². The molecule has 0 aromatic heterocycles. The van der Waals surface area contributed by atoms with Crippen molar-refractivity contribution in [2.24, 2.45) is 5.41 Å². The summed E-state index contributed by atoms with van der Waals surface area (Å²) >= 11 is 0. The van der Waals surface area contributed by atoms with E-state index in [4.69, 9.17) is 9.47 Å². The second kappa shape index (κ2) is 8.93. The van der Waals surface area contributed by atoms with Gasteiger partial charge in [0.2, 0.25) is 0 Å². The average molecular weight is 293 g/mol. The first-order valence-electron chi connectivity index (χ1n) is 7.99. The number of hydrogen-bond donors (Lipinski definition) is 1. The summed E-state index contributed by atoms with van der Waals surface area (Å²) in [5, 5.41) is 3.56. The van der Waals surface area contributed by atoms with Crippen molar-refractivity contribution >= 4 is 0 Å². The number of methoxy groups -OCH3 is 1. The van der Waals surface area contributed by atoms with Gasteiger partial charge in [0.05, 0.1) is 13.7 Å². The maximum absolute atomic E-state index is 5.87. The summed E-state index contributed by atoms with van der Waals surface area (Å²) in [5.41, 5.74) is 0.297. The second-order valence-electron chi connectivity index (χ2n) is 6.37. The molecule has 0 radical (unpaired) electrons. The lowest BCUT2D eigenvalue weighted by Gasteiger charge is -2.30. The first-order valence-corrected chi connectivity index (χ1v) is 7.99. The zero-order valence-corrected chi connectivity index (χ0v) is 14.2. The van der Waals surface area contributed by atoms with Gasteiger partial charge in [-0.05, 0) is 42.5 Å². The van der Waals surface area contributed by atoms with E-state index in [1.54, 1.807) is 7.11 Å². The molecule has 1 unspecified atom stereocenters. The van der Waals surface area contributed by atoms with Crippen LogP contribution in [-0.2, 0) is 0 Å². The van der Waals surface area contributed by atoms with Crippen LogP contribution < -0.4 is 14.8 Å². The summed E-state index contributed by atoms with van der Waals surface area (Å²) in [6, 6.07) is 8.32. The Morgan fingerprint density at radius 3 is 2.24 bits per heavy atom. The molecule has 0 saturated heterocycles. The van der Waals surface area contributed by atoms with Gasteiger partial charge in [0.1, 0.15) is 11.5 Å². The Morgan fingerprint density at radius 2 is 1.71 bits per heavy atom. The van der Waals surface area contributed by atoms with Gasteiger partial charge in [0, 0.05) is 12.6 Å². The van der Waals surface area contributed by atoms with Crippen LogP contribution in [0.15, 0.2) is 24.3 Å². The molecule has 3 nitrogen and oxygen atoms in total. The van der Waals surface area contributed by atoms with E-state index in [0.29, 0.717) is 11.5 Å². The fourth-order valence-corrected chi connectivity index (χ4v) is 2.44. The largest absolute Gasteiger partial charge is 0.497 e. The van der Waals surface area contributed by atoms with Crippen LogP contribution in [0.4, 0.5) is 0 Å². The zero-order valence-electron chi connectivity index (χ0n) is 14.2. The van der Waals surface area contributed by atoms with Gasteiger partial charge in [0.25, 0.3) is 0 Å². The lowest BCUT2D eigenvalue weighted by Crippen LogP contribution is -2.36. The summed E-state index contributed by atoms with van der Waals surface area (Å²) < 4.78 is 11.0. The van der Waals surface area contributed by atoms with Crippen molar-refractivity contribution in [2.45, 2.75) is 53.0 Å². The SMILES string of the molecule is CCCC(C)(CCOc1ccc(OC)cc1)CNC(C)C. The van der Waals surface area contributed by atoms with Gasteiger partial charge in [-0.2, -0.15) is 0 Å². The maximum Gasteiger partial charge on any atom is 0.119 e. The molecule has 120 valence electrons. The molecule has 21 heavy (non-hydrogen) atoms. The lowest BCUT2D eigenvalue weighted by atomic mass is 9.82. The highest BCUT2D eigenvalue weighted by molar-refractivity contribution is 5.31. The average Bonchev–Trinajstić information content (AvgIpc) is 2.46. The molecule has 3 heteroatoms. The Kier molecular flexibility index (Phi) is 7.58. The van der Waals surface area contributed by atoms with Crippen molar-refractivity contribution in [3.63, 3.8) is 0 Å². The molecule has 1 atom stereocenters. The predicted molar refractivity (Wildman–Crippen MR) is 89.3 cm³/mol. The van der Waals surface area contributed by atoms with Crippen LogP contribution in [0.25, 0.3) is 0 Å². The summed E-state index contributed by atoms with van der Waals surface area (Å²) in [4.78, 5) is 0. The van der Waals surface area contributed by atoms with Crippen LogP contribution >= 0.6 is 0 Å². The van der Waals surface area contributed by atoms with Crippen LogP contribution in [0.3, 0.4) is 0 Å². The van der Waals surface area contributed by atoms with Crippen LogP contribution in [-0.4, -0.2) is 26.3 Å². The van der Waals surface area contributed by atoms with Crippen LogP contribution in [0.5, 0.6) is 11.5 Å². The first kappa shape index (κ1) is 17.8. The van der Waals surface area contributed by atoms with Gasteiger partial charge < -0.3 is 14.8 Å². The van der Waals surface area contributed by atoms with Crippen molar-refractivity contribution < 1.29 is 9.47 Å². The Labute approximate surface area is 130 Å². The molecule has 1 aromatic carbocycles. The quantitative estimate of drug-likeness (QED) is 0.699. The third-order valence-corrected chi connectivity index (χ3v) is 3.82. The van der Waals surface area contributed by atoms with E-state index in [-0.39, 0.29) is 0 Å². The molecule has 1 N–H and O–H groups in total. The highest BCUT2D eigenvalue weighted by Gasteiger charge is 2.23. The number of benzene rings is 1. The normalized spacial score (nSPS) is 14.0. The highest BCUT2D eigenvalue weighted by atomic mass is 16.5. The van der Waals surface area contributed by atoms with Crippen molar-refractivity contribution in [1.29, 1.82) is 0 Å².